The Labute approximate surface area is 173 Å². The van der Waals surface area contributed by atoms with Crippen molar-refractivity contribution in [2.45, 2.75) is 41.0 Å². The van der Waals surface area contributed by atoms with Gasteiger partial charge in [0.15, 0.2) is 0 Å². The number of nitrogens with one attached hydrogen (secondary N) is 2. The molecule has 2 aromatic carbocycles. The van der Waals surface area contributed by atoms with E-state index in [0.717, 1.165) is 18.8 Å². The highest BCUT2D eigenvalue weighted by Crippen LogP contribution is 2.39. The van der Waals surface area contributed by atoms with Crippen LogP contribution >= 0.6 is 0 Å². The topological polar surface area (TPSA) is 40.7 Å². The Morgan fingerprint density at radius 2 is 1.48 bits per heavy atom. The maximum Gasteiger partial charge on any atom is 0.125 e. The van der Waals surface area contributed by atoms with Gasteiger partial charge in [-0.1, -0.05) is 13.0 Å². The van der Waals surface area contributed by atoms with E-state index in [4.69, 9.17) is 0 Å². The maximum absolute atomic E-state index is 4.63. The Bertz CT molecular complexity index is 1140. The van der Waals surface area contributed by atoms with Gasteiger partial charge >= 0.3 is 0 Å². The summed E-state index contributed by atoms with van der Waals surface area (Å²) in [7, 11) is 0. The van der Waals surface area contributed by atoms with Crippen molar-refractivity contribution in [2.24, 2.45) is 0 Å². The number of nitrogens with zero attached hydrogens (tertiary/aromatic N) is 1. The van der Waals surface area contributed by atoms with E-state index < -0.39 is 0 Å². The highest BCUT2D eigenvalue weighted by atomic mass is 15.0. The van der Waals surface area contributed by atoms with E-state index in [1.807, 2.05) is 12.4 Å². The van der Waals surface area contributed by atoms with Gasteiger partial charge in [0.1, 0.15) is 5.82 Å². The van der Waals surface area contributed by atoms with Gasteiger partial charge in [0.05, 0.1) is 0 Å². The van der Waals surface area contributed by atoms with Gasteiger partial charge in [-0.25, -0.2) is 4.98 Å². The first-order chi connectivity index (χ1) is 14.0. The third kappa shape index (κ3) is 3.42. The minimum Gasteiger partial charge on any atom is -0.370 e. The van der Waals surface area contributed by atoms with Crippen molar-refractivity contribution in [2.75, 3.05) is 11.9 Å². The molecule has 29 heavy (non-hydrogen) atoms. The van der Waals surface area contributed by atoms with Gasteiger partial charge in [-0.15, -0.1) is 0 Å². The molecule has 2 aromatic heterocycles. The van der Waals surface area contributed by atoms with E-state index in [-0.39, 0.29) is 0 Å². The van der Waals surface area contributed by atoms with E-state index in [0.29, 0.717) is 0 Å². The second-order valence-electron chi connectivity index (χ2n) is 7.89. The van der Waals surface area contributed by atoms with Crippen molar-refractivity contribution < 1.29 is 0 Å². The minimum atomic E-state index is 0.941. The van der Waals surface area contributed by atoms with E-state index in [2.05, 4.69) is 86.3 Å². The Hall–Kier alpha value is -3.07. The number of aromatic nitrogens is 2. The summed E-state index contributed by atoms with van der Waals surface area (Å²) < 4.78 is 0. The number of anilines is 1. The number of fused-ring (bicyclic) bond motifs is 1. The van der Waals surface area contributed by atoms with Gasteiger partial charge in [0, 0.05) is 30.0 Å². The van der Waals surface area contributed by atoms with Crippen molar-refractivity contribution in [3.8, 4) is 22.3 Å². The Morgan fingerprint density at radius 3 is 2.10 bits per heavy atom. The summed E-state index contributed by atoms with van der Waals surface area (Å²) in [6.07, 6.45) is 5.09. The van der Waals surface area contributed by atoms with Crippen LogP contribution in [0.4, 0.5) is 5.82 Å². The molecular weight excluding hydrogens is 354 g/mol. The fourth-order valence-corrected chi connectivity index (χ4v) is 4.29. The molecule has 0 unspecified atom stereocenters. The number of hydrogen-bond acceptors (Lipinski definition) is 2. The molecule has 2 heterocycles. The summed E-state index contributed by atoms with van der Waals surface area (Å²) in [6, 6.07) is 13.1. The zero-order valence-corrected chi connectivity index (χ0v) is 18.0. The molecule has 0 spiro atoms. The molecule has 0 aliphatic rings. The van der Waals surface area contributed by atoms with E-state index >= 15 is 0 Å². The van der Waals surface area contributed by atoms with Gasteiger partial charge in [-0.05, 0) is 109 Å². The summed E-state index contributed by atoms with van der Waals surface area (Å²) in [5.41, 5.74) is 11.6. The minimum absolute atomic E-state index is 0.941. The van der Waals surface area contributed by atoms with Crippen LogP contribution < -0.4 is 5.32 Å². The van der Waals surface area contributed by atoms with Crippen molar-refractivity contribution in [3.05, 3.63) is 71.0 Å². The lowest BCUT2D eigenvalue weighted by Crippen LogP contribution is -2.03. The van der Waals surface area contributed by atoms with Crippen LogP contribution in [0.25, 0.3) is 33.2 Å². The lowest BCUT2D eigenvalue weighted by atomic mass is 9.83. The SMILES string of the molecule is CCCNc1ccc(-c2c(C)c(C)c(-c3ccc4[nH]ccc4c3)c(C)c2C)cn1. The molecule has 0 aliphatic heterocycles. The van der Waals surface area contributed by atoms with Gasteiger partial charge in [0.2, 0.25) is 0 Å². The molecule has 2 N–H and O–H groups in total. The second-order valence-corrected chi connectivity index (χ2v) is 7.89. The number of rotatable bonds is 5. The fraction of sp³-hybridized carbons (Fsp3) is 0.269. The van der Waals surface area contributed by atoms with E-state index in [1.54, 1.807) is 0 Å². The molecule has 4 rings (SSSR count). The predicted octanol–water partition coefficient (Wildman–Crippen LogP) is 6.95. The zero-order valence-electron chi connectivity index (χ0n) is 18.0. The predicted molar refractivity (Wildman–Crippen MR) is 125 cm³/mol. The van der Waals surface area contributed by atoms with Crippen molar-refractivity contribution >= 4 is 16.7 Å². The summed E-state index contributed by atoms with van der Waals surface area (Å²) in [6.45, 7) is 12.1. The smallest absolute Gasteiger partial charge is 0.125 e. The molecule has 148 valence electrons. The van der Waals surface area contributed by atoms with Crippen LogP contribution in [-0.4, -0.2) is 16.5 Å². The van der Waals surface area contributed by atoms with Crippen LogP contribution in [0.2, 0.25) is 0 Å². The lowest BCUT2D eigenvalue weighted by molar-refractivity contribution is 0.969. The van der Waals surface area contributed by atoms with Crippen LogP contribution in [-0.2, 0) is 0 Å². The molecule has 0 bridgehead atoms. The Balaban J connectivity index is 1.82. The molecule has 0 atom stereocenters. The highest BCUT2D eigenvalue weighted by molar-refractivity contribution is 5.89. The number of H-pyrrole nitrogens is 1. The second kappa shape index (κ2) is 7.75. The van der Waals surface area contributed by atoms with Gasteiger partial charge < -0.3 is 10.3 Å². The number of aromatic amines is 1. The average Bonchev–Trinajstić information content (AvgIpc) is 3.20. The number of hydrogen-bond donors (Lipinski definition) is 2. The van der Waals surface area contributed by atoms with Gasteiger partial charge in [-0.3, -0.25) is 0 Å². The van der Waals surface area contributed by atoms with Crippen molar-refractivity contribution in [1.29, 1.82) is 0 Å². The molecule has 0 radical (unpaired) electrons. The first-order valence-corrected chi connectivity index (χ1v) is 10.4. The lowest BCUT2D eigenvalue weighted by Gasteiger charge is -2.21. The van der Waals surface area contributed by atoms with Crippen LogP contribution in [0.15, 0.2) is 48.8 Å². The summed E-state index contributed by atoms with van der Waals surface area (Å²) in [5.74, 6) is 0.941. The van der Waals surface area contributed by atoms with Gasteiger partial charge in [0.25, 0.3) is 0 Å². The number of benzene rings is 2. The summed E-state index contributed by atoms with van der Waals surface area (Å²) in [5, 5.41) is 4.60. The highest BCUT2D eigenvalue weighted by Gasteiger charge is 2.17. The molecule has 3 heteroatoms. The monoisotopic (exact) mass is 383 g/mol. The molecule has 3 nitrogen and oxygen atoms in total. The van der Waals surface area contributed by atoms with Crippen LogP contribution in [0.3, 0.4) is 0 Å². The molecule has 0 saturated carbocycles. The molecule has 0 amide bonds. The quantitative estimate of drug-likeness (QED) is 0.391. The average molecular weight is 384 g/mol. The molecule has 0 fully saturated rings. The Kier molecular flexibility index (Phi) is 5.14. The Morgan fingerprint density at radius 1 is 0.828 bits per heavy atom. The van der Waals surface area contributed by atoms with E-state index in [9.17, 15) is 0 Å². The molecule has 0 aliphatic carbocycles. The fourth-order valence-electron chi connectivity index (χ4n) is 4.29. The van der Waals surface area contributed by atoms with Crippen LogP contribution in [0.5, 0.6) is 0 Å². The van der Waals surface area contributed by atoms with Gasteiger partial charge in [-0.2, -0.15) is 0 Å². The summed E-state index contributed by atoms with van der Waals surface area (Å²) >= 11 is 0. The zero-order chi connectivity index (χ0) is 20.5. The largest absolute Gasteiger partial charge is 0.370 e. The molecular formula is C26H29N3. The van der Waals surface area contributed by atoms with Crippen LogP contribution in [0, 0.1) is 27.7 Å². The van der Waals surface area contributed by atoms with E-state index in [1.165, 1.54) is 55.4 Å². The first-order valence-electron chi connectivity index (χ1n) is 10.4. The first kappa shape index (κ1) is 19.3. The third-order valence-electron chi connectivity index (χ3n) is 6.08. The van der Waals surface area contributed by atoms with Crippen molar-refractivity contribution in [1.82, 2.24) is 9.97 Å². The molecule has 4 aromatic rings. The normalized spacial score (nSPS) is 11.2. The summed E-state index contributed by atoms with van der Waals surface area (Å²) in [4.78, 5) is 7.91. The van der Waals surface area contributed by atoms with Crippen molar-refractivity contribution in [3.63, 3.8) is 0 Å². The maximum atomic E-state index is 4.63. The molecule has 0 saturated heterocycles. The standard InChI is InChI=1S/C26H29N3/c1-6-12-28-24-10-8-22(15-29-24)26-18(4)16(2)25(17(3)19(26)5)21-7-9-23-20(14-21)11-13-27-23/h7-11,13-15,27H,6,12H2,1-5H3,(H,28,29). The third-order valence-corrected chi connectivity index (χ3v) is 6.08. The number of pyridine rings is 1. The van der Waals surface area contributed by atoms with Crippen LogP contribution in [0.1, 0.15) is 35.6 Å².